The van der Waals surface area contributed by atoms with Crippen molar-refractivity contribution in [2.75, 3.05) is 0 Å². The molecule has 0 radical (unpaired) electrons. The molecule has 0 heterocycles. The van der Waals surface area contributed by atoms with E-state index in [4.69, 9.17) is 5.73 Å². The average Bonchev–Trinajstić information content (AvgIpc) is 2.29. The molecule has 0 saturated carbocycles. The van der Waals surface area contributed by atoms with E-state index in [1.165, 1.54) is 0 Å². The number of rotatable bonds is 5. The van der Waals surface area contributed by atoms with Crippen LogP contribution in [-0.2, 0) is 4.79 Å². The minimum atomic E-state index is -0.412. The Hall–Kier alpha value is -0.870. The standard InChI is InChI=1S/C13H19BrN2O/c1-3-6-12(15)13(17)16-9(2)10-7-4-5-8-11(10)14/h4-5,7-9,12H,3,6,15H2,1-2H3,(H,16,17)/t9-,12?/m0/s1. The molecule has 0 aliphatic carbocycles. The van der Waals surface area contributed by atoms with Gasteiger partial charge in [-0.2, -0.15) is 0 Å². The molecule has 94 valence electrons. The van der Waals surface area contributed by atoms with Gasteiger partial charge < -0.3 is 11.1 Å². The summed E-state index contributed by atoms with van der Waals surface area (Å²) in [7, 11) is 0. The number of benzene rings is 1. The zero-order valence-electron chi connectivity index (χ0n) is 10.2. The van der Waals surface area contributed by atoms with Crippen molar-refractivity contribution in [1.29, 1.82) is 0 Å². The molecule has 1 amide bonds. The molecule has 3 N–H and O–H groups in total. The van der Waals surface area contributed by atoms with Crippen molar-refractivity contribution in [2.24, 2.45) is 5.73 Å². The van der Waals surface area contributed by atoms with Gasteiger partial charge in [-0.25, -0.2) is 0 Å². The predicted octanol–water partition coefficient (Wildman–Crippen LogP) is 2.75. The Morgan fingerprint density at radius 1 is 1.47 bits per heavy atom. The molecule has 2 atom stereocenters. The molecule has 0 aromatic heterocycles. The van der Waals surface area contributed by atoms with Gasteiger partial charge >= 0.3 is 0 Å². The van der Waals surface area contributed by atoms with Gasteiger partial charge in [-0.05, 0) is 25.0 Å². The number of amides is 1. The van der Waals surface area contributed by atoms with Crippen LogP contribution in [0.1, 0.15) is 38.3 Å². The van der Waals surface area contributed by atoms with Gasteiger partial charge in [0.1, 0.15) is 0 Å². The smallest absolute Gasteiger partial charge is 0.237 e. The molecule has 3 nitrogen and oxygen atoms in total. The van der Waals surface area contributed by atoms with E-state index in [0.29, 0.717) is 6.42 Å². The molecule has 0 saturated heterocycles. The third-order valence-electron chi connectivity index (χ3n) is 2.67. The largest absolute Gasteiger partial charge is 0.348 e. The zero-order valence-corrected chi connectivity index (χ0v) is 11.8. The van der Waals surface area contributed by atoms with Gasteiger partial charge in [0.05, 0.1) is 12.1 Å². The quantitative estimate of drug-likeness (QED) is 0.878. The Morgan fingerprint density at radius 2 is 2.12 bits per heavy atom. The molecule has 0 aliphatic heterocycles. The molecule has 0 bridgehead atoms. The first-order chi connectivity index (χ1) is 8.06. The Bertz CT molecular complexity index is 381. The Balaban J connectivity index is 2.63. The minimum absolute atomic E-state index is 0.0408. The molecule has 0 fully saturated rings. The minimum Gasteiger partial charge on any atom is -0.348 e. The van der Waals surface area contributed by atoms with Gasteiger partial charge in [0, 0.05) is 4.47 Å². The molecule has 0 spiro atoms. The number of hydrogen-bond donors (Lipinski definition) is 2. The van der Waals surface area contributed by atoms with Crippen molar-refractivity contribution in [3.05, 3.63) is 34.3 Å². The summed E-state index contributed by atoms with van der Waals surface area (Å²) in [6.45, 7) is 3.97. The van der Waals surface area contributed by atoms with E-state index >= 15 is 0 Å². The van der Waals surface area contributed by atoms with Gasteiger partial charge in [0.2, 0.25) is 5.91 Å². The molecule has 1 aromatic rings. The van der Waals surface area contributed by atoms with E-state index in [1.807, 2.05) is 38.1 Å². The van der Waals surface area contributed by atoms with Crippen LogP contribution in [0.3, 0.4) is 0 Å². The van der Waals surface area contributed by atoms with Gasteiger partial charge in [-0.15, -0.1) is 0 Å². The maximum atomic E-state index is 11.8. The van der Waals surface area contributed by atoms with E-state index in [1.54, 1.807) is 0 Å². The highest BCUT2D eigenvalue weighted by molar-refractivity contribution is 9.10. The van der Waals surface area contributed by atoms with Crippen LogP contribution in [0, 0.1) is 0 Å². The Kier molecular flexibility index (Phi) is 5.65. The molecule has 4 heteroatoms. The van der Waals surface area contributed by atoms with Crippen molar-refractivity contribution in [3.8, 4) is 0 Å². The van der Waals surface area contributed by atoms with Crippen LogP contribution >= 0.6 is 15.9 Å². The summed E-state index contributed by atoms with van der Waals surface area (Å²) < 4.78 is 0.997. The normalized spacial score (nSPS) is 14.1. The van der Waals surface area contributed by atoms with Crippen LogP contribution in [0.25, 0.3) is 0 Å². The lowest BCUT2D eigenvalue weighted by Crippen LogP contribution is -2.41. The van der Waals surface area contributed by atoms with Gasteiger partial charge in [-0.1, -0.05) is 47.5 Å². The highest BCUT2D eigenvalue weighted by Gasteiger charge is 2.16. The number of halogens is 1. The van der Waals surface area contributed by atoms with Gasteiger partial charge in [0.25, 0.3) is 0 Å². The highest BCUT2D eigenvalue weighted by Crippen LogP contribution is 2.22. The number of carbonyl (C=O) groups is 1. The van der Waals surface area contributed by atoms with Crippen molar-refractivity contribution in [2.45, 2.75) is 38.8 Å². The Morgan fingerprint density at radius 3 is 2.71 bits per heavy atom. The summed E-state index contributed by atoms with van der Waals surface area (Å²) in [5.74, 6) is -0.0879. The van der Waals surface area contributed by atoms with E-state index < -0.39 is 6.04 Å². The summed E-state index contributed by atoms with van der Waals surface area (Å²) in [6, 6.07) is 7.40. The summed E-state index contributed by atoms with van der Waals surface area (Å²) in [5, 5.41) is 2.93. The maximum absolute atomic E-state index is 11.8. The van der Waals surface area contributed by atoms with Crippen molar-refractivity contribution >= 4 is 21.8 Å². The van der Waals surface area contributed by atoms with Crippen LogP contribution < -0.4 is 11.1 Å². The van der Waals surface area contributed by atoms with E-state index in [-0.39, 0.29) is 11.9 Å². The predicted molar refractivity (Wildman–Crippen MR) is 73.6 cm³/mol. The van der Waals surface area contributed by atoms with E-state index in [0.717, 1.165) is 16.5 Å². The maximum Gasteiger partial charge on any atom is 0.237 e. The van der Waals surface area contributed by atoms with Crippen molar-refractivity contribution < 1.29 is 4.79 Å². The highest BCUT2D eigenvalue weighted by atomic mass is 79.9. The first-order valence-electron chi connectivity index (χ1n) is 5.86. The van der Waals surface area contributed by atoms with Crippen LogP contribution in [0.2, 0.25) is 0 Å². The molecule has 0 aliphatic rings. The zero-order chi connectivity index (χ0) is 12.8. The number of nitrogens with one attached hydrogen (secondary N) is 1. The van der Waals surface area contributed by atoms with Gasteiger partial charge in [0.15, 0.2) is 0 Å². The summed E-state index contributed by atoms with van der Waals surface area (Å²) >= 11 is 3.47. The molecular formula is C13H19BrN2O. The first kappa shape index (κ1) is 14.2. The first-order valence-corrected chi connectivity index (χ1v) is 6.66. The Labute approximate surface area is 111 Å². The third kappa shape index (κ3) is 4.13. The second-order valence-corrected chi connectivity index (χ2v) is 5.00. The number of hydrogen-bond acceptors (Lipinski definition) is 2. The van der Waals surface area contributed by atoms with E-state index in [9.17, 15) is 4.79 Å². The van der Waals surface area contributed by atoms with Gasteiger partial charge in [-0.3, -0.25) is 4.79 Å². The summed E-state index contributed by atoms with van der Waals surface area (Å²) in [4.78, 5) is 11.8. The molecular weight excluding hydrogens is 280 g/mol. The second kappa shape index (κ2) is 6.77. The third-order valence-corrected chi connectivity index (χ3v) is 3.39. The fourth-order valence-corrected chi connectivity index (χ4v) is 2.29. The average molecular weight is 299 g/mol. The summed E-state index contributed by atoms with van der Waals surface area (Å²) in [5.41, 5.74) is 6.83. The fraction of sp³-hybridized carbons (Fsp3) is 0.462. The molecule has 1 aromatic carbocycles. The fourth-order valence-electron chi connectivity index (χ4n) is 1.67. The monoisotopic (exact) mass is 298 g/mol. The molecule has 1 rings (SSSR count). The van der Waals surface area contributed by atoms with Crippen LogP contribution in [-0.4, -0.2) is 11.9 Å². The van der Waals surface area contributed by atoms with Crippen LogP contribution in [0.15, 0.2) is 28.7 Å². The van der Waals surface area contributed by atoms with Crippen LogP contribution in [0.4, 0.5) is 0 Å². The number of nitrogens with two attached hydrogens (primary N) is 1. The van der Waals surface area contributed by atoms with Crippen LogP contribution in [0.5, 0.6) is 0 Å². The lowest BCUT2D eigenvalue weighted by molar-refractivity contribution is -0.123. The SMILES string of the molecule is CCCC(N)C(=O)N[C@@H](C)c1ccccc1Br. The molecule has 17 heavy (non-hydrogen) atoms. The number of carbonyl (C=O) groups excluding carboxylic acids is 1. The lowest BCUT2D eigenvalue weighted by atomic mass is 10.1. The topological polar surface area (TPSA) is 55.1 Å². The second-order valence-electron chi connectivity index (χ2n) is 4.15. The summed E-state index contributed by atoms with van der Waals surface area (Å²) in [6.07, 6.45) is 1.63. The van der Waals surface area contributed by atoms with Crippen molar-refractivity contribution in [3.63, 3.8) is 0 Å². The molecule has 1 unspecified atom stereocenters. The lowest BCUT2D eigenvalue weighted by Gasteiger charge is -2.18. The van der Waals surface area contributed by atoms with E-state index in [2.05, 4.69) is 21.2 Å². The van der Waals surface area contributed by atoms with Crippen molar-refractivity contribution in [1.82, 2.24) is 5.32 Å².